The lowest BCUT2D eigenvalue weighted by Crippen LogP contribution is -2.05. The van der Waals surface area contributed by atoms with E-state index < -0.39 is 0 Å². The highest BCUT2D eigenvalue weighted by molar-refractivity contribution is 5.28. The molecule has 0 aromatic heterocycles. The second kappa shape index (κ2) is 5.66. The van der Waals surface area contributed by atoms with E-state index in [9.17, 15) is 0 Å². The van der Waals surface area contributed by atoms with Crippen LogP contribution >= 0.6 is 0 Å². The molecule has 0 bridgehead atoms. The van der Waals surface area contributed by atoms with Crippen molar-refractivity contribution >= 4 is 0 Å². The Bertz CT molecular complexity index is 269. The van der Waals surface area contributed by atoms with Crippen molar-refractivity contribution in [3.8, 4) is 5.75 Å². The predicted molar refractivity (Wildman–Crippen MR) is 57.6 cm³/mol. The Hall–Kier alpha value is -1.02. The number of aliphatic hydroxyl groups excluding tert-OH is 1. The smallest absolute Gasteiger partial charge is 0.119 e. The molecule has 78 valence electrons. The van der Waals surface area contributed by atoms with Gasteiger partial charge in [0.1, 0.15) is 5.75 Å². The molecule has 0 aliphatic rings. The lowest BCUT2D eigenvalue weighted by molar-refractivity contribution is 0.242. The Morgan fingerprint density at radius 3 is 2.79 bits per heavy atom. The van der Waals surface area contributed by atoms with Crippen LogP contribution in [0.3, 0.4) is 0 Å². The van der Waals surface area contributed by atoms with Crippen LogP contribution in [0, 0.1) is 0 Å². The molecule has 0 heterocycles. The van der Waals surface area contributed by atoms with Gasteiger partial charge in [-0.2, -0.15) is 0 Å². The summed E-state index contributed by atoms with van der Waals surface area (Å²) < 4.78 is 5.57. The molecule has 2 nitrogen and oxygen atoms in total. The summed E-state index contributed by atoms with van der Waals surface area (Å²) in [5.74, 6) is 0.912. The van der Waals surface area contributed by atoms with E-state index >= 15 is 0 Å². The number of ether oxygens (including phenoxy) is 1. The summed E-state index contributed by atoms with van der Waals surface area (Å²) in [6.45, 7) is 4.27. The molecule has 0 amide bonds. The molecule has 2 heteroatoms. The second-order valence-electron chi connectivity index (χ2n) is 3.64. The number of aliphatic hydroxyl groups is 1. The van der Waals surface area contributed by atoms with Gasteiger partial charge in [-0.15, -0.1) is 0 Å². The summed E-state index contributed by atoms with van der Waals surface area (Å²) in [7, 11) is 0. The summed E-state index contributed by atoms with van der Waals surface area (Å²) in [6.07, 6.45) is 1.93. The maximum Gasteiger partial charge on any atom is 0.119 e. The van der Waals surface area contributed by atoms with Gasteiger partial charge >= 0.3 is 0 Å². The normalized spacial score (nSPS) is 10.6. The highest BCUT2D eigenvalue weighted by Crippen LogP contribution is 2.15. The zero-order valence-corrected chi connectivity index (χ0v) is 8.86. The first kappa shape index (κ1) is 11.1. The van der Waals surface area contributed by atoms with Crippen LogP contribution in [0.2, 0.25) is 0 Å². The van der Waals surface area contributed by atoms with Crippen LogP contribution in [0.5, 0.6) is 5.75 Å². The van der Waals surface area contributed by atoms with Gasteiger partial charge in [0, 0.05) is 6.61 Å². The standard InChI is InChI=1S/C12H18O2/c1-10(2)14-12-7-3-5-11(9-12)6-4-8-13/h3,5,7,9-10,13H,4,6,8H2,1-2H3. The minimum absolute atomic E-state index is 0.211. The fourth-order valence-corrected chi connectivity index (χ4v) is 1.33. The van der Waals surface area contributed by atoms with Gasteiger partial charge < -0.3 is 9.84 Å². The quantitative estimate of drug-likeness (QED) is 0.780. The van der Waals surface area contributed by atoms with Gasteiger partial charge in [0.05, 0.1) is 6.10 Å². The van der Waals surface area contributed by atoms with Gasteiger partial charge in [0.2, 0.25) is 0 Å². The Labute approximate surface area is 85.5 Å². The van der Waals surface area contributed by atoms with Gasteiger partial charge in [-0.05, 0) is 44.4 Å². The lowest BCUT2D eigenvalue weighted by Gasteiger charge is -2.10. The summed E-state index contributed by atoms with van der Waals surface area (Å²) in [5.41, 5.74) is 1.22. The van der Waals surface area contributed by atoms with Crippen LogP contribution in [0.1, 0.15) is 25.8 Å². The number of hydrogen-bond donors (Lipinski definition) is 1. The first-order chi connectivity index (χ1) is 6.72. The first-order valence-corrected chi connectivity index (χ1v) is 5.09. The molecule has 1 rings (SSSR count). The van der Waals surface area contributed by atoms with Crippen LogP contribution in [0.15, 0.2) is 24.3 Å². The van der Waals surface area contributed by atoms with Crippen molar-refractivity contribution in [3.05, 3.63) is 29.8 Å². The van der Waals surface area contributed by atoms with Gasteiger partial charge in [0.25, 0.3) is 0 Å². The fraction of sp³-hybridized carbons (Fsp3) is 0.500. The van der Waals surface area contributed by atoms with E-state index in [1.54, 1.807) is 0 Å². The molecule has 0 fully saturated rings. The molecule has 0 aliphatic heterocycles. The lowest BCUT2D eigenvalue weighted by atomic mass is 10.1. The van der Waals surface area contributed by atoms with Crippen molar-refractivity contribution in [2.75, 3.05) is 6.61 Å². The minimum Gasteiger partial charge on any atom is -0.491 e. The van der Waals surface area contributed by atoms with E-state index in [1.165, 1.54) is 5.56 Å². The average molecular weight is 194 g/mol. The molecular weight excluding hydrogens is 176 g/mol. The molecule has 0 saturated heterocycles. The van der Waals surface area contributed by atoms with Crippen molar-refractivity contribution in [2.45, 2.75) is 32.8 Å². The van der Waals surface area contributed by atoms with Crippen molar-refractivity contribution in [1.82, 2.24) is 0 Å². The molecule has 14 heavy (non-hydrogen) atoms. The van der Waals surface area contributed by atoms with E-state index in [0.29, 0.717) is 0 Å². The Balaban J connectivity index is 2.59. The van der Waals surface area contributed by atoms with Crippen molar-refractivity contribution in [1.29, 1.82) is 0 Å². The Kier molecular flexibility index (Phi) is 4.47. The zero-order chi connectivity index (χ0) is 10.4. The predicted octanol–water partition coefficient (Wildman–Crippen LogP) is 2.40. The maximum atomic E-state index is 8.71. The van der Waals surface area contributed by atoms with E-state index in [-0.39, 0.29) is 12.7 Å². The van der Waals surface area contributed by atoms with Crippen molar-refractivity contribution in [2.24, 2.45) is 0 Å². The molecule has 0 spiro atoms. The highest BCUT2D eigenvalue weighted by atomic mass is 16.5. The number of hydrogen-bond acceptors (Lipinski definition) is 2. The van der Waals surface area contributed by atoms with E-state index in [2.05, 4.69) is 6.07 Å². The SMILES string of the molecule is CC(C)Oc1cccc(CCCO)c1. The van der Waals surface area contributed by atoms with Crippen LogP contribution < -0.4 is 4.74 Å². The molecule has 0 radical (unpaired) electrons. The molecule has 1 aromatic rings. The van der Waals surface area contributed by atoms with Gasteiger partial charge in [-0.1, -0.05) is 12.1 Å². The third-order valence-corrected chi connectivity index (χ3v) is 1.89. The van der Waals surface area contributed by atoms with Crippen molar-refractivity contribution in [3.63, 3.8) is 0 Å². The third kappa shape index (κ3) is 3.79. The topological polar surface area (TPSA) is 29.5 Å². The van der Waals surface area contributed by atoms with E-state index in [4.69, 9.17) is 9.84 Å². The third-order valence-electron chi connectivity index (χ3n) is 1.89. The largest absolute Gasteiger partial charge is 0.491 e. The van der Waals surface area contributed by atoms with Crippen LogP contribution in [0.25, 0.3) is 0 Å². The van der Waals surface area contributed by atoms with Crippen LogP contribution in [-0.2, 0) is 6.42 Å². The molecule has 1 aromatic carbocycles. The summed E-state index contributed by atoms with van der Waals surface area (Å²) >= 11 is 0. The fourth-order valence-electron chi connectivity index (χ4n) is 1.33. The van der Waals surface area contributed by atoms with Crippen LogP contribution in [0.4, 0.5) is 0 Å². The van der Waals surface area contributed by atoms with Gasteiger partial charge in [-0.3, -0.25) is 0 Å². The molecule has 0 unspecified atom stereocenters. The van der Waals surface area contributed by atoms with E-state index in [0.717, 1.165) is 18.6 Å². The maximum absolute atomic E-state index is 8.71. The first-order valence-electron chi connectivity index (χ1n) is 5.09. The van der Waals surface area contributed by atoms with Gasteiger partial charge in [-0.25, -0.2) is 0 Å². The van der Waals surface area contributed by atoms with Crippen molar-refractivity contribution < 1.29 is 9.84 Å². The second-order valence-corrected chi connectivity index (χ2v) is 3.64. The summed E-state index contributed by atoms with van der Waals surface area (Å²) in [5, 5.41) is 8.71. The molecule has 0 atom stereocenters. The zero-order valence-electron chi connectivity index (χ0n) is 8.86. The summed E-state index contributed by atoms with van der Waals surface area (Å²) in [6, 6.07) is 8.05. The minimum atomic E-state index is 0.211. The molecule has 0 aliphatic carbocycles. The Morgan fingerprint density at radius 2 is 2.14 bits per heavy atom. The number of rotatable bonds is 5. The number of benzene rings is 1. The molecule has 1 N–H and O–H groups in total. The number of aryl methyl sites for hydroxylation is 1. The molecular formula is C12H18O2. The average Bonchev–Trinajstić information content (AvgIpc) is 2.14. The van der Waals surface area contributed by atoms with E-state index in [1.807, 2.05) is 32.0 Å². The monoisotopic (exact) mass is 194 g/mol. The highest BCUT2D eigenvalue weighted by Gasteiger charge is 1.98. The molecule has 0 saturated carbocycles. The van der Waals surface area contributed by atoms with Gasteiger partial charge in [0.15, 0.2) is 0 Å². The Morgan fingerprint density at radius 1 is 1.36 bits per heavy atom. The van der Waals surface area contributed by atoms with Crippen LogP contribution in [-0.4, -0.2) is 17.8 Å². The summed E-state index contributed by atoms with van der Waals surface area (Å²) in [4.78, 5) is 0.